The first-order chi connectivity index (χ1) is 13.6. The van der Waals surface area contributed by atoms with Crippen LogP contribution in [0.4, 0.5) is 4.39 Å². The molecule has 3 aromatic rings. The molecule has 144 valence electrons. The van der Waals surface area contributed by atoms with Crippen LogP contribution >= 0.6 is 11.8 Å². The minimum atomic E-state index is -0.332. The van der Waals surface area contributed by atoms with Gasteiger partial charge in [0, 0.05) is 24.0 Å². The van der Waals surface area contributed by atoms with Crippen molar-refractivity contribution in [3.8, 4) is 11.4 Å². The maximum absolute atomic E-state index is 13.8. The zero-order chi connectivity index (χ0) is 19.5. The number of hydrogen-bond acceptors (Lipinski definition) is 4. The normalized spacial score (nSPS) is 17.1. The van der Waals surface area contributed by atoms with E-state index in [1.54, 1.807) is 6.07 Å². The molecule has 2 heterocycles. The summed E-state index contributed by atoms with van der Waals surface area (Å²) in [5.41, 5.74) is 1.57. The molecule has 0 saturated carbocycles. The van der Waals surface area contributed by atoms with Gasteiger partial charge in [-0.1, -0.05) is 49.0 Å². The monoisotopic (exact) mass is 395 g/mol. The fourth-order valence-corrected chi connectivity index (χ4v) is 4.45. The van der Waals surface area contributed by atoms with Crippen LogP contribution in [-0.2, 0) is 4.79 Å². The largest absolute Gasteiger partial charge is 0.342 e. The maximum atomic E-state index is 13.8. The van der Waals surface area contributed by atoms with Crippen LogP contribution < -0.4 is 0 Å². The molecule has 0 bridgehead atoms. The molecule has 1 atom stereocenters. The minimum Gasteiger partial charge on any atom is -0.342 e. The van der Waals surface area contributed by atoms with Crippen LogP contribution in [0.1, 0.15) is 19.8 Å². The van der Waals surface area contributed by atoms with Gasteiger partial charge in [0.25, 0.3) is 0 Å². The third kappa shape index (κ3) is 4.17. The third-order valence-electron chi connectivity index (χ3n) is 5.00. The third-order valence-corrected chi connectivity index (χ3v) is 5.97. The SMILES string of the molecule is C[C@H]1CCCN(C(=O)CSc2nc(-c3ccccc3)nc3ccc(F)cc23)C1. The van der Waals surface area contributed by atoms with Crippen molar-refractivity contribution in [3.63, 3.8) is 0 Å². The highest BCUT2D eigenvalue weighted by molar-refractivity contribution is 8.00. The number of hydrogen-bond donors (Lipinski definition) is 0. The average molecular weight is 396 g/mol. The fourth-order valence-electron chi connectivity index (χ4n) is 3.54. The molecule has 0 N–H and O–H groups in total. The predicted octanol–water partition coefficient (Wildman–Crippen LogP) is 4.79. The number of fused-ring (bicyclic) bond motifs is 1. The second-order valence-corrected chi connectivity index (χ2v) is 8.22. The quantitative estimate of drug-likeness (QED) is 0.471. The summed E-state index contributed by atoms with van der Waals surface area (Å²) in [4.78, 5) is 23.8. The molecule has 1 saturated heterocycles. The van der Waals surface area contributed by atoms with E-state index in [0.29, 0.717) is 33.4 Å². The number of halogens is 1. The van der Waals surface area contributed by atoms with Crippen LogP contribution in [-0.4, -0.2) is 39.6 Å². The van der Waals surface area contributed by atoms with Crippen LogP contribution in [0.3, 0.4) is 0 Å². The highest BCUT2D eigenvalue weighted by atomic mass is 32.2. The molecular formula is C22H22FN3OS. The van der Waals surface area contributed by atoms with Gasteiger partial charge in [-0.2, -0.15) is 0 Å². The van der Waals surface area contributed by atoms with E-state index < -0.39 is 0 Å². The molecule has 1 amide bonds. The first-order valence-electron chi connectivity index (χ1n) is 9.53. The first kappa shape index (κ1) is 18.9. The minimum absolute atomic E-state index is 0.112. The molecule has 1 fully saturated rings. The number of carbonyl (C=O) groups is 1. The lowest BCUT2D eigenvalue weighted by atomic mass is 10.0. The van der Waals surface area contributed by atoms with E-state index in [0.717, 1.165) is 25.1 Å². The Morgan fingerprint density at radius 3 is 2.82 bits per heavy atom. The number of amides is 1. The Hall–Kier alpha value is -2.47. The highest BCUT2D eigenvalue weighted by Gasteiger charge is 2.21. The number of likely N-dealkylation sites (tertiary alicyclic amines) is 1. The van der Waals surface area contributed by atoms with Crippen molar-refractivity contribution in [1.29, 1.82) is 0 Å². The lowest BCUT2D eigenvalue weighted by molar-refractivity contribution is -0.130. The van der Waals surface area contributed by atoms with Crippen molar-refractivity contribution in [2.75, 3.05) is 18.8 Å². The average Bonchev–Trinajstić information content (AvgIpc) is 2.72. The van der Waals surface area contributed by atoms with Crippen LogP contribution in [0.25, 0.3) is 22.3 Å². The van der Waals surface area contributed by atoms with E-state index >= 15 is 0 Å². The van der Waals surface area contributed by atoms with Crippen LogP contribution in [0, 0.1) is 11.7 Å². The molecule has 1 aliphatic heterocycles. The van der Waals surface area contributed by atoms with Crippen molar-refractivity contribution in [2.45, 2.75) is 24.8 Å². The van der Waals surface area contributed by atoms with E-state index in [2.05, 4.69) is 16.9 Å². The summed E-state index contributed by atoms with van der Waals surface area (Å²) in [6.07, 6.45) is 2.23. The zero-order valence-electron chi connectivity index (χ0n) is 15.8. The second-order valence-electron chi connectivity index (χ2n) is 7.26. The topological polar surface area (TPSA) is 46.1 Å². The highest BCUT2D eigenvalue weighted by Crippen LogP contribution is 2.29. The van der Waals surface area contributed by atoms with Gasteiger partial charge in [-0.05, 0) is 37.0 Å². The molecule has 0 radical (unpaired) electrons. The van der Waals surface area contributed by atoms with Crippen molar-refractivity contribution in [2.24, 2.45) is 5.92 Å². The lowest BCUT2D eigenvalue weighted by Crippen LogP contribution is -2.40. The lowest BCUT2D eigenvalue weighted by Gasteiger charge is -2.30. The van der Waals surface area contributed by atoms with E-state index in [4.69, 9.17) is 0 Å². The Morgan fingerprint density at radius 1 is 1.21 bits per heavy atom. The van der Waals surface area contributed by atoms with Gasteiger partial charge in [-0.3, -0.25) is 4.79 Å². The van der Waals surface area contributed by atoms with Gasteiger partial charge in [0.2, 0.25) is 5.91 Å². The molecule has 0 unspecified atom stereocenters. The van der Waals surface area contributed by atoms with Gasteiger partial charge in [0.15, 0.2) is 5.82 Å². The number of thioether (sulfide) groups is 1. The number of aromatic nitrogens is 2. The van der Waals surface area contributed by atoms with Crippen LogP contribution in [0.15, 0.2) is 53.6 Å². The number of carbonyl (C=O) groups excluding carboxylic acids is 1. The number of benzene rings is 2. The molecule has 1 aliphatic rings. The standard InChI is InChI=1S/C22H22FN3OS/c1-15-6-5-11-26(13-15)20(27)14-28-22-18-12-17(23)9-10-19(18)24-21(25-22)16-7-3-2-4-8-16/h2-4,7-10,12,15H,5-6,11,13-14H2,1H3/t15-/m0/s1. The van der Waals surface area contributed by atoms with Gasteiger partial charge >= 0.3 is 0 Å². The summed E-state index contributed by atoms with van der Waals surface area (Å²) in [6, 6.07) is 14.2. The molecule has 0 aliphatic carbocycles. The fraction of sp³-hybridized carbons (Fsp3) is 0.318. The van der Waals surface area contributed by atoms with Crippen LogP contribution in [0.2, 0.25) is 0 Å². The van der Waals surface area contributed by atoms with Gasteiger partial charge in [-0.25, -0.2) is 14.4 Å². The number of piperidine rings is 1. The van der Waals surface area contributed by atoms with Gasteiger partial charge in [0.05, 0.1) is 11.3 Å². The van der Waals surface area contributed by atoms with E-state index in [1.165, 1.54) is 30.3 Å². The maximum Gasteiger partial charge on any atom is 0.232 e. The predicted molar refractivity (Wildman–Crippen MR) is 111 cm³/mol. The molecule has 28 heavy (non-hydrogen) atoms. The number of nitrogens with zero attached hydrogens (tertiary/aromatic N) is 3. The zero-order valence-corrected chi connectivity index (χ0v) is 16.6. The van der Waals surface area contributed by atoms with Crippen molar-refractivity contribution in [1.82, 2.24) is 14.9 Å². The van der Waals surface area contributed by atoms with Crippen LogP contribution in [0.5, 0.6) is 0 Å². The molecule has 4 nitrogen and oxygen atoms in total. The summed E-state index contributed by atoms with van der Waals surface area (Å²) < 4.78 is 13.8. The molecule has 6 heteroatoms. The summed E-state index contributed by atoms with van der Waals surface area (Å²) >= 11 is 1.36. The van der Waals surface area contributed by atoms with Gasteiger partial charge in [-0.15, -0.1) is 0 Å². The van der Waals surface area contributed by atoms with Crippen molar-refractivity contribution < 1.29 is 9.18 Å². The molecular weight excluding hydrogens is 373 g/mol. The summed E-state index contributed by atoms with van der Waals surface area (Å²) in [7, 11) is 0. The molecule has 0 spiro atoms. The Balaban J connectivity index is 1.63. The molecule has 4 rings (SSSR count). The summed E-state index contributed by atoms with van der Waals surface area (Å²) in [5, 5.41) is 1.28. The smallest absolute Gasteiger partial charge is 0.232 e. The Bertz CT molecular complexity index is 996. The Labute approximate surface area is 168 Å². The Morgan fingerprint density at radius 2 is 2.04 bits per heavy atom. The van der Waals surface area contributed by atoms with E-state index in [9.17, 15) is 9.18 Å². The van der Waals surface area contributed by atoms with Gasteiger partial charge < -0.3 is 4.90 Å². The first-order valence-corrected chi connectivity index (χ1v) is 10.5. The summed E-state index contributed by atoms with van der Waals surface area (Å²) in [5.74, 6) is 1.20. The summed E-state index contributed by atoms with van der Waals surface area (Å²) in [6.45, 7) is 3.81. The number of rotatable bonds is 4. The van der Waals surface area contributed by atoms with E-state index in [1.807, 2.05) is 35.2 Å². The molecule has 2 aromatic carbocycles. The van der Waals surface area contributed by atoms with E-state index in [-0.39, 0.29) is 11.7 Å². The Kier molecular flexibility index (Phi) is 5.57. The van der Waals surface area contributed by atoms with Crippen molar-refractivity contribution >= 4 is 28.6 Å². The molecule has 1 aromatic heterocycles. The second kappa shape index (κ2) is 8.27. The van der Waals surface area contributed by atoms with Crippen molar-refractivity contribution in [3.05, 3.63) is 54.3 Å². The van der Waals surface area contributed by atoms with Gasteiger partial charge in [0.1, 0.15) is 10.8 Å².